The van der Waals surface area contributed by atoms with E-state index in [0.717, 1.165) is 17.9 Å². The van der Waals surface area contributed by atoms with Crippen LogP contribution in [0.3, 0.4) is 0 Å². The van der Waals surface area contributed by atoms with E-state index in [-0.39, 0.29) is 12.5 Å². The zero-order chi connectivity index (χ0) is 18.0. The number of para-hydroxylation sites is 1. The lowest BCUT2D eigenvalue weighted by Crippen LogP contribution is -2.31. The minimum atomic E-state index is -0.151. The number of aryl methyl sites for hydroxylation is 2. The van der Waals surface area contributed by atoms with Gasteiger partial charge in [-0.05, 0) is 54.7 Å². The molecule has 1 N–H and O–H groups in total. The molecule has 0 saturated heterocycles. The summed E-state index contributed by atoms with van der Waals surface area (Å²) in [7, 11) is 0. The van der Waals surface area contributed by atoms with Crippen LogP contribution in [-0.2, 0) is 22.4 Å². The van der Waals surface area contributed by atoms with Gasteiger partial charge in [0.2, 0.25) is 5.91 Å². The molecule has 2 aromatic carbocycles. The molecule has 0 heterocycles. The van der Waals surface area contributed by atoms with Crippen molar-refractivity contribution in [1.82, 2.24) is 5.32 Å². The van der Waals surface area contributed by atoms with E-state index in [1.54, 1.807) is 0 Å². The SMILES string of the molecule is O=C(COCCOc1ccccc1)NCCOc1ccc2c(c1)CCC2. The molecule has 2 aromatic rings. The molecule has 0 bridgehead atoms. The van der Waals surface area contributed by atoms with Crippen molar-refractivity contribution in [1.29, 1.82) is 0 Å². The summed E-state index contributed by atoms with van der Waals surface area (Å²) in [5.74, 6) is 1.51. The average Bonchev–Trinajstić information content (AvgIpc) is 3.14. The molecule has 0 saturated carbocycles. The van der Waals surface area contributed by atoms with Crippen LogP contribution in [0.4, 0.5) is 0 Å². The molecule has 1 amide bonds. The molecule has 1 aliphatic carbocycles. The van der Waals surface area contributed by atoms with Crippen molar-refractivity contribution in [2.75, 3.05) is 33.0 Å². The van der Waals surface area contributed by atoms with Crippen molar-refractivity contribution >= 4 is 5.91 Å². The van der Waals surface area contributed by atoms with E-state index in [9.17, 15) is 4.79 Å². The number of hydrogen-bond acceptors (Lipinski definition) is 4. The molecular formula is C21H25NO4. The normalized spacial score (nSPS) is 12.5. The van der Waals surface area contributed by atoms with E-state index in [4.69, 9.17) is 14.2 Å². The summed E-state index contributed by atoms with van der Waals surface area (Å²) in [4.78, 5) is 11.7. The van der Waals surface area contributed by atoms with Crippen molar-refractivity contribution in [3.63, 3.8) is 0 Å². The van der Waals surface area contributed by atoms with Gasteiger partial charge >= 0.3 is 0 Å². The van der Waals surface area contributed by atoms with Crippen molar-refractivity contribution in [3.05, 3.63) is 59.7 Å². The molecule has 0 aromatic heterocycles. The Kier molecular flexibility index (Phi) is 6.90. The highest BCUT2D eigenvalue weighted by Gasteiger charge is 2.11. The zero-order valence-electron chi connectivity index (χ0n) is 14.9. The summed E-state index contributed by atoms with van der Waals surface area (Å²) < 4.78 is 16.5. The molecule has 0 atom stereocenters. The van der Waals surface area contributed by atoms with Crippen LogP contribution in [0, 0.1) is 0 Å². The first kappa shape index (κ1) is 18.3. The van der Waals surface area contributed by atoms with Gasteiger partial charge in [-0.2, -0.15) is 0 Å². The largest absolute Gasteiger partial charge is 0.492 e. The summed E-state index contributed by atoms with van der Waals surface area (Å²) in [6, 6.07) is 15.8. The number of rotatable bonds is 10. The van der Waals surface area contributed by atoms with Gasteiger partial charge in [0.15, 0.2) is 0 Å². The third kappa shape index (κ3) is 5.77. The van der Waals surface area contributed by atoms with E-state index in [2.05, 4.69) is 17.4 Å². The van der Waals surface area contributed by atoms with Crippen LogP contribution >= 0.6 is 0 Å². The predicted octanol–water partition coefficient (Wildman–Crippen LogP) is 2.77. The standard InChI is InChI=1S/C21H25NO4/c23-21(16-24-13-14-26-19-7-2-1-3-8-19)22-11-12-25-20-10-9-17-5-4-6-18(17)15-20/h1-3,7-10,15H,4-6,11-14,16H2,(H,22,23). The van der Waals surface area contributed by atoms with E-state index < -0.39 is 0 Å². The molecule has 0 spiro atoms. The molecule has 0 fully saturated rings. The van der Waals surface area contributed by atoms with Crippen LogP contribution in [0.15, 0.2) is 48.5 Å². The zero-order valence-corrected chi connectivity index (χ0v) is 14.9. The Morgan fingerprint density at radius 2 is 1.69 bits per heavy atom. The Hall–Kier alpha value is -2.53. The minimum absolute atomic E-state index is 0.0248. The third-order valence-corrected chi connectivity index (χ3v) is 4.24. The highest BCUT2D eigenvalue weighted by molar-refractivity contribution is 5.77. The number of fused-ring (bicyclic) bond motifs is 1. The maximum Gasteiger partial charge on any atom is 0.246 e. The second-order valence-electron chi connectivity index (χ2n) is 6.20. The minimum Gasteiger partial charge on any atom is -0.492 e. The Morgan fingerprint density at radius 1 is 0.885 bits per heavy atom. The summed E-state index contributed by atoms with van der Waals surface area (Å²) in [6.07, 6.45) is 3.53. The van der Waals surface area contributed by atoms with Gasteiger partial charge in [-0.15, -0.1) is 0 Å². The second kappa shape index (κ2) is 9.82. The van der Waals surface area contributed by atoms with Gasteiger partial charge < -0.3 is 19.5 Å². The molecule has 5 nitrogen and oxygen atoms in total. The van der Waals surface area contributed by atoms with Crippen molar-refractivity contribution in [2.45, 2.75) is 19.3 Å². The molecule has 3 rings (SSSR count). The highest BCUT2D eigenvalue weighted by atomic mass is 16.5. The molecule has 26 heavy (non-hydrogen) atoms. The lowest BCUT2D eigenvalue weighted by molar-refractivity contribution is -0.126. The predicted molar refractivity (Wildman–Crippen MR) is 99.7 cm³/mol. The molecule has 0 aliphatic heterocycles. The molecular weight excluding hydrogens is 330 g/mol. The second-order valence-corrected chi connectivity index (χ2v) is 6.20. The Morgan fingerprint density at radius 3 is 2.58 bits per heavy atom. The number of nitrogens with one attached hydrogen (secondary N) is 1. The number of carbonyl (C=O) groups excluding carboxylic acids is 1. The lowest BCUT2D eigenvalue weighted by Gasteiger charge is -2.10. The van der Waals surface area contributed by atoms with E-state index in [0.29, 0.717) is 26.4 Å². The number of amides is 1. The Balaban J connectivity index is 1.22. The topological polar surface area (TPSA) is 56.8 Å². The average molecular weight is 355 g/mol. The van der Waals surface area contributed by atoms with Gasteiger partial charge in [0.25, 0.3) is 0 Å². The van der Waals surface area contributed by atoms with Crippen molar-refractivity contribution < 1.29 is 19.0 Å². The fraction of sp³-hybridized carbons (Fsp3) is 0.381. The van der Waals surface area contributed by atoms with Gasteiger partial charge in [-0.1, -0.05) is 24.3 Å². The maximum atomic E-state index is 11.7. The summed E-state index contributed by atoms with van der Waals surface area (Å²) in [5, 5.41) is 2.78. The number of ether oxygens (including phenoxy) is 3. The van der Waals surface area contributed by atoms with Crippen LogP contribution in [0.5, 0.6) is 11.5 Å². The summed E-state index contributed by atoms with van der Waals surface area (Å²) in [6.45, 7) is 1.71. The van der Waals surface area contributed by atoms with E-state index >= 15 is 0 Å². The fourth-order valence-corrected chi connectivity index (χ4v) is 2.95. The van der Waals surface area contributed by atoms with Gasteiger partial charge in [-0.25, -0.2) is 0 Å². The third-order valence-electron chi connectivity index (χ3n) is 4.24. The molecule has 0 radical (unpaired) electrons. The first-order valence-corrected chi connectivity index (χ1v) is 9.08. The van der Waals surface area contributed by atoms with Crippen molar-refractivity contribution in [3.8, 4) is 11.5 Å². The number of benzene rings is 2. The Labute approximate surface area is 154 Å². The molecule has 5 heteroatoms. The number of carbonyl (C=O) groups is 1. The lowest BCUT2D eigenvalue weighted by atomic mass is 10.1. The highest BCUT2D eigenvalue weighted by Crippen LogP contribution is 2.25. The van der Waals surface area contributed by atoms with Gasteiger partial charge in [0, 0.05) is 0 Å². The molecule has 138 valence electrons. The van der Waals surface area contributed by atoms with Crippen LogP contribution in [0.25, 0.3) is 0 Å². The van der Waals surface area contributed by atoms with E-state index in [1.165, 1.54) is 24.0 Å². The van der Waals surface area contributed by atoms with Crippen LogP contribution in [-0.4, -0.2) is 38.9 Å². The maximum absolute atomic E-state index is 11.7. The van der Waals surface area contributed by atoms with Crippen molar-refractivity contribution in [2.24, 2.45) is 0 Å². The monoisotopic (exact) mass is 355 g/mol. The summed E-state index contributed by atoms with van der Waals surface area (Å²) in [5.41, 5.74) is 2.82. The van der Waals surface area contributed by atoms with E-state index in [1.807, 2.05) is 36.4 Å². The molecule has 1 aliphatic rings. The first-order valence-electron chi connectivity index (χ1n) is 9.08. The summed E-state index contributed by atoms with van der Waals surface area (Å²) >= 11 is 0. The van der Waals surface area contributed by atoms with Crippen LogP contribution in [0.2, 0.25) is 0 Å². The van der Waals surface area contributed by atoms with Crippen LogP contribution in [0.1, 0.15) is 17.5 Å². The quantitative estimate of drug-likeness (QED) is 0.666. The first-order chi connectivity index (χ1) is 12.8. The Bertz CT molecular complexity index is 702. The van der Waals surface area contributed by atoms with Crippen LogP contribution < -0.4 is 14.8 Å². The van der Waals surface area contributed by atoms with Gasteiger partial charge in [0.05, 0.1) is 13.2 Å². The number of hydrogen-bond donors (Lipinski definition) is 1. The van der Waals surface area contributed by atoms with Gasteiger partial charge in [-0.3, -0.25) is 4.79 Å². The fourth-order valence-electron chi connectivity index (χ4n) is 2.95. The van der Waals surface area contributed by atoms with Gasteiger partial charge in [0.1, 0.15) is 31.3 Å². The smallest absolute Gasteiger partial charge is 0.246 e. The molecule has 0 unspecified atom stereocenters.